The van der Waals surface area contributed by atoms with E-state index in [1.807, 2.05) is 13.0 Å². The number of ether oxygens (including phenoxy) is 1. The number of aromatic nitrogens is 1. The molecule has 24 heavy (non-hydrogen) atoms. The molecule has 0 fully saturated rings. The highest BCUT2D eigenvalue weighted by molar-refractivity contribution is 6.05. The molecule has 0 unspecified atom stereocenters. The minimum atomic E-state index is -0.581. The molecule has 0 saturated carbocycles. The number of carbonyl (C=O) groups is 1. The molecule has 1 aromatic carbocycles. The van der Waals surface area contributed by atoms with E-state index in [1.54, 1.807) is 36.7 Å². The van der Waals surface area contributed by atoms with Crippen LogP contribution < -0.4 is 15.7 Å². The maximum absolute atomic E-state index is 12.5. The van der Waals surface area contributed by atoms with Gasteiger partial charge >= 0.3 is 5.63 Å². The van der Waals surface area contributed by atoms with Crippen molar-refractivity contribution >= 4 is 16.9 Å². The summed E-state index contributed by atoms with van der Waals surface area (Å²) in [6.45, 7) is 2.69. The highest BCUT2D eigenvalue weighted by Crippen LogP contribution is 2.22. The van der Waals surface area contributed by atoms with Crippen molar-refractivity contribution in [2.45, 2.75) is 13.5 Å². The van der Waals surface area contributed by atoms with E-state index in [9.17, 15) is 9.59 Å². The van der Waals surface area contributed by atoms with Crippen LogP contribution in [0, 0.1) is 0 Å². The predicted molar refractivity (Wildman–Crippen MR) is 89.1 cm³/mol. The lowest BCUT2D eigenvalue weighted by Gasteiger charge is -2.08. The second-order valence-electron chi connectivity index (χ2n) is 5.11. The van der Waals surface area contributed by atoms with Gasteiger partial charge < -0.3 is 14.5 Å². The van der Waals surface area contributed by atoms with Crippen molar-refractivity contribution in [3.05, 3.63) is 70.3 Å². The monoisotopic (exact) mass is 324 g/mol. The molecule has 3 aromatic rings. The molecule has 2 heterocycles. The van der Waals surface area contributed by atoms with Crippen molar-refractivity contribution in [3.63, 3.8) is 0 Å². The summed E-state index contributed by atoms with van der Waals surface area (Å²) >= 11 is 0. The quantitative estimate of drug-likeness (QED) is 0.729. The SMILES string of the molecule is CCOc1ccc2c(C(=O)NCc3cccnc3)cc(=O)oc2c1. The van der Waals surface area contributed by atoms with Crippen molar-refractivity contribution < 1.29 is 13.9 Å². The molecule has 6 nitrogen and oxygen atoms in total. The van der Waals surface area contributed by atoms with Gasteiger partial charge in [0.25, 0.3) is 5.91 Å². The number of rotatable bonds is 5. The predicted octanol–water partition coefficient (Wildman–Crippen LogP) is 2.52. The maximum Gasteiger partial charge on any atom is 0.337 e. The maximum atomic E-state index is 12.5. The van der Waals surface area contributed by atoms with Crippen LogP contribution in [-0.2, 0) is 6.54 Å². The third-order valence-corrected chi connectivity index (χ3v) is 3.45. The number of fused-ring (bicyclic) bond motifs is 1. The number of benzene rings is 1. The van der Waals surface area contributed by atoms with Crippen molar-refractivity contribution in [3.8, 4) is 5.75 Å². The Balaban J connectivity index is 1.90. The standard InChI is InChI=1S/C18H16N2O4/c1-2-23-13-5-6-14-15(9-17(21)24-16(14)8-13)18(22)20-11-12-4-3-7-19-10-12/h3-10H,2,11H2,1H3,(H,20,22). The number of pyridine rings is 1. The van der Waals surface area contributed by atoms with Crippen molar-refractivity contribution in [2.24, 2.45) is 0 Å². The van der Waals surface area contributed by atoms with E-state index in [2.05, 4.69) is 10.3 Å². The van der Waals surface area contributed by atoms with E-state index >= 15 is 0 Å². The molecule has 0 aliphatic rings. The largest absolute Gasteiger partial charge is 0.494 e. The Morgan fingerprint density at radius 3 is 2.92 bits per heavy atom. The number of nitrogens with zero attached hydrogens (tertiary/aromatic N) is 1. The smallest absolute Gasteiger partial charge is 0.337 e. The van der Waals surface area contributed by atoms with E-state index < -0.39 is 5.63 Å². The Bertz CT molecular complexity index is 919. The second-order valence-corrected chi connectivity index (χ2v) is 5.11. The molecular formula is C18H16N2O4. The Hall–Kier alpha value is -3.15. The average molecular weight is 324 g/mol. The van der Waals surface area contributed by atoms with Gasteiger partial charge in [-0.25, -0.2) is 4.79 Å². The zero-order chi connectivity index (χ0) is 16.9. The molecule has 0 atom stereocenters. The van der Waals surface area contributed by atoms with Gasteiger partial charge in [0.05, 0.1) is 12.2 Å². The topological polar surface area (TPSA) is 81.4 Å². The van der Waals surface area contributed by atoms with Crippen LogP contribution in [0.15, 0.2) is 58.0 Å². The van der Waals surface area contributed by atoms with Gasteiger partial charge in [-0.05, 0) is 30.7 Å². The fraction of sp³-hybridized carbons (Fsp3) is 0.167. The fourth-order valence-corrected chi connectivity index (χ4v) is 2.37. The van der Waals surface area contributed by atoms with Gasteiger partial charge in [-0.3, -0.25) is 9.78 Å². The zero-order valence-corrected chi connectivity index (χ0v) is 13.1. The first kappa shape index (κ1) is 15.7. The molecule has 122 valence electrons. The van der Waals surface area contributed by atoms with E-state index in [-0.39, 0.29) is 11.5 Å². The van der Waals surface area contributed by atoms with Gasteiger partial charge in [-0.2, -0.15) is 0 Å². The zero-order valence-electron chi connectivity index (χ0n) is 13.1. The van der Waals surface area contributed by atoms with Gasteiger partial charge in [0, 0.05) is 36.5 Å². The molecule has 0 bridgehead atoms. The number of hydrogen-bond donors (Lipinski definition) is 1. The summed E-state index contributed by atoms with van der Waals surface area (Å²) in [4.78, 5) is 28.2. The molecule has 0 saturated heterocycles. The van der Waals surface area contributed by atoms with Crippen molar-refractivity contribution in [1.29, 1.82) is 0 Å². The molecule has 6 heteroatoms. The van der Waals surface area contributed by atoms with Gasteiger partial charge in [-0.15, -0.1) is 0 Å². The summed E-state index contributed by atoms with van der Waals surface area (Å²) in [5, 5.41) is 3.34. The van der Waals surface area contributed by atoms with Crippen molar-refractivity contribution in [2.75, 3.05) is 6.61 Å². The Kier molecular flexibility index (Phi) is 4.56. The normalized spacial score (nSPS) is 10.5. The van der Waals surface area contributed by atoms with E-state index in [0.29, 0.717) is 29.9 Å². The molecule has 3 rings (SSSR count). The fourth-order valence-electron chi connectivity index (χ4n) is 2.37. The Morgan fingerprint density at radius 2 is 2.17 bits per heavy atom. The van der Waals surface area contributed by atoms with Gasteiger partial charge in [0.1, 0.15) is 11.3 Å². The minimum absolute atomic E-state index is 0.271. The third-order valence-electron chi connectivity index (χ3n) is 3.45. The molecule has 2 aromatic heterocycles. The summed E-state index contributed by atoms with van der Waals surface area (Å²) in [5.41, 5.74) is 0.882. The molecular weight excluding hydrogens is 308 g/mol. The van der Waals surface area contributed by atoms with Crippen LogP contribution in [0.1, 0.15) is 22.8 Å². The van der Waals surface area contributed by atoms with Crippen molar-refractivity contribution in [1.82, 2.24) is 10.3 Å². The summed E-state index contributed by atoms with van der Waals surface area (Å²) in [7, 11) is 0. The summed E-state index contributed by atoms with van der Waals surface area (Å²) < 4.78 is 10.6. The lowest BCUT2D eigenvalue weighted by molar-refractivity contribution is 0.0952. The number of hydrogen-bond acceptors (Lipinski definition) is 5. The number of nitrogens with one attached hydrogen (secondary N) is 1. The lowest BCUT2D eigenvalue weighted by Crippen LogP contribution is -2.24. The summed E-state index contributed by atoms with van der Waals surface area (Å²) in [5.74, 6) is 0.238. The highest BCUT2D eigenvalue weighted by Gasteiger charge is 2.13. The average Bonchev–Trinajstić information content (AvgIpc) is 2.60. The molecule has 1 N–H and O–H groups in total. The third kappa shape index (κ3) is 3.43. The van der Waals surface area contributed by atoms with Gasteiger partial charge in [0.15, 0.2) is 0 Å². The van der Waals surface area contributed by atoms with Crippen LogP contribution in [-0.4, -0.2) is 17.5 Å². The first-order chi connectivity index (χ1) is 11.7. The van der Waals surface area contributed by atoms with E-state index in [4.69, 9.17) is 9.15 Å². The first-order valence-electron chi connectivity index (χ1n) is 7.55. The van der Waals surface area contributed by atoms with Crippen LogP contribution in [0.3, 0.4) is 0 Å². The molecule has 0 radical (unpaired) electrons. The summed E-state index contributed by atoms with van der Waals surface area (Å²) in [6, 6.07) is 9.91. The first-order valence-corrected chi connectivity index (χ1v) is 7.55. The molecule has 0 spiro atoms. The van der Waals surface area contributed by atoms with Crippen LogP contribution in [0.4, 0.5) is 0 Å². The van der Waals surface area contributed by atoms with E-state index in [1.165, 1.54) is 6.07 Å². The minimum Gasteiger partial charge on any atom is -0.494 e. The number of carbonyl (C=O) groups excluding carboxylic acids is 1. The van der Waals surface area contributed by atoms with Gasteiger partial charge in [0.2, 0.25) is 0 Å². The Morgan fingerprint density at radius 1 is 1.29 bits per heavy atom. The van der Waals surface area contributed by atoms with Crippen LogP contribution in [0.5, 0.6) is 5.75 Å². The van der Waals surface area contributed by atoms with Crippen LogP contribution in [0.2, 0.25) is 0 Å². The lowest BCUT2D eigenvalue weighted by atomic mass is 10.1. The van der Waals surface area contributed by atoms with Crippen LogP contribution in [0.25, 0.3) is 11.0 Å². The molecule has 1 amide bonds. The second kappa shape index (κ2) is 6.95. The molecule has 0 aliphatic heterocycles. The summed E-state index contributed by atoms with van der Waals surface area (Å²) in [6.07, 6.45) is 3.34. The highest BCUT2D eigenvalue weighted by atomic mass is 16.5. The van der Waals surface area contributed by atoms with E-state index in [0.717, 1.165) is 5.56 Å². The molecule has 0 aliphatic carbocycles. The Labute approximate surface area is 138 Å². The van der Waals surface area contributed by atoms with Crippen LogP contribution >= 0.6 is 0 Å². The number of amides is 1. The van der Waals surface area contributed by atoms with Gasteiger partial charge in [-0.1, -0.05) is 6.07 Å².